The van der Waals surface area contributed by atoms with Crippen LogP contribution in [-0.4, -0.2) is 42.7 Å². The van der Waals surface area contributed by atoms with Crippen LogP contribution >= 0.6 is 11.8 Å². The van der Waals surface area contributed by atoms with Gasteiger partial charge in [-0.1, -0.05) is 48.5 Å². The van der Waals surface area contributed by atoms with Gasteiger partial charge in [-0.3, -0.25) is 14.6 Å². The fraction of sp³-hybridized carbons (Fsp3) is 0.387. The molecule has 2 heterocycles. The monoisotopic (exact) mass is 532 g/mol. The number of aromatic hydroxyl groups is 1. The smallest absolute Gasteiger partial charge is 0.225 e. The van der Waals surface area contributed by atoms with E-state index in [4.69, 9.17) is 9.47 Å². The molecule has 1 saturated heterocycles. The number of thioether (sulfide) groups is 1. The molecule has 5 rings (SSSR count). The van der Waals surface area contributed by atoms with Crippen molar-refractivity contribution in [3.63, 3.8) is 0 Å². The number of likely N-dealkylation sites (tertiary alicyclic amines) is 1. The maximum atomic E-state index is 12.7. The Hall–Kier alpha value is -3.16. The number of carbonyl (C=O) groups is 1. The van der Waals surface area contributed by atoms with Crippen LogP contribution in [0.15, 0.2) is 71.6 Å². The Morgan fingerprint density at radius 2 is 1.84 bits per heavy atom. The van der Waals surface area contributed by atoms with Crippen molar-refractivity contribution in [2.45, 2.75) is 55.3 Å². The minimum atomic E-state index is -0.206. The summed E-state index contributed by atoms with van der Waals surface area (Å²) in [6.45, 7) is 4.24. The number of carbonyl (C=O) groups excluding carboxylic acids is 1. The van der Waals surface area contributed by atoms with Crippen LogP contribution in [0.25, 0.3) is 0 Å². The van der Waals surface area contributed by atoms with Crippen molar-refractivity contribution < 1.29 is 19.4 Å². The van der Waals surface area contributed by atoms with Crippen molar-refractivity contribution in [1.82, 2.24) is 4.90 Å². The lowest BCUT2D eigenvalue weighted by atomic mass is 9.94. The molecule has 0 spiro atoms. The maximum Gasteiger partial charge on any atom is 0.225 e. The van der Waals surface area contributed by atoms with Gasteiger partial charge in [0.15, 0.2) is 0 Å². The van der Waals surface area contributed by atoms with Gasteiger partial charge in [-0.2, -0.15) is 0 Å². The first-order chi connectivity index (χ1) is 18.6. The predicted octanol–water partition coefficient (Wildman–Crippen LogP) is 6.94. The van der Waals surface area contributed by atoms with Crippen molar-refractivity contribution in [3.05, 3.63) is 77.9 Å². The van der Waals surface area contributed by atoms with Gasteiger partial charge < -0.3 is 14.6 Å². The van der Waals surface area contributed by atoms with Crippen LogP contribution in [0.4, 0.5) is 5.69 Å². The van der Waals surface area contributed by atoms with Gasteiger partial charge in [-0.25, -0.2) is 0 Å². The van der Waals surface area contributed by atoms with Crippen molar-refractivity contribution in [2.75, 3.05) is 31.7 Å². The summed E-state index contributed by atoms with van der Waals surface area (Å²) in [4.78, 5) is 18.1. The number of fused-ring (bicyclic) bond motifs is 1. The van der Waals surface area contributed by atoms with Crippen LogP contribution in [0, 0.1) is 0 Å². The molecule has 0 aromatic heterocycles. The Bertz CT molecular complexity index is 1270. The molecule has 2 atom stereocenters. The van der Waals surface area contributed by atoms with Crippen LogP contribution in [0.2, 0.25) is 0 Å². The van der Waals surface area contributed by atoms with Crippen molar-refractivity contribution in [3.8, 4) is 17.2 Å². The number of rotatable bonds is 9. The molecule has 2 aliphatic heterocycles. The number of ether oxygens (including phenoxy) is 2. The lowest BCUT2D eigenvalue weighted by Gasteiger charge is -2.36. The van der Waals surface area contributed by atoms with E-state index in [1.165, 1.54) is 12.8 Å². The molecule has 2 aliphatic rings. The summed E-state index contributed by atoms with van der Waals surface area (Å²) in [6.07, 6.45) is 5.41. The van der Waals surface area contributed by atoms with Crippen LogP contribution in [0.1, 0.15) is 61.6 Å². The first-order valence-corrected chi connectivity index (χ1v) is 14.3. The zero-order valence-corrected chi connectivity index (χ0v) is 23.0. The number of hydrogen-bond acceptors (Lipinski definition) is 6. The third kappa shape index (κ3) is 5.64. The molecular formula is C31H36N2O4S. The summed E-state index contributed by atoms with van der Waals surface area (Å²) in [6, 6.07) is 21.9. The minimum absolute atomic E-state index is 0.00163. The lowest BCUT2D eigenvalue weighted by Crippen LogP contribution is -2.34. The number of phenolic OH excluding ortho intramolecular Hbond substituents is 1. The highest BCUT2D eigenvalue weighted by atomic mass is 32.2. The second-order valence-electron chi connectivity index (χ2n) is 9.89. The molecule has 3 aromatic carbocycles. The Morgan fingerprint density at radius 3 is 2.66 bits per heavy atom. The molecule has 3 aromatic rings. The van der Waals surface area contributed by atoms with E-state index in [0.29, 0.717) is 12.4 Å². The van der Waals surface area contributed by atoms with E-state index < -0.39 is 0 Å². The summed E-state index contributed by atoms with van der Waals surface area (Å²) in [5.41, 5.74) is 2.91. The SMILES string of the molecule is COc1ccc(OCCCCN2CCCCC2c2ccccc2O)c(C2Sc3ccccc3N2C(C)=O)c1. The van der Waals surface area contributed by atoms with Gasteiger partial charge in [0.1, 0.15) is 22.6 Å². The van der Waals surface area contributed by atoms with Crippen LogP contribution < -0.4 is 14.4 Å². The predicted molar refractivity (Wildman–Crippen MR) is 152 cm³/mol. The average Bonchev–Trinajstić information content (AvgIpc) is 3.33. The van der Waals surface area contributed by atoms with Gasteiger partial charge in [0.25, 0.3) is 0 Å². The molecule has 0 bridgehead atoms. The summed E-state index contributed by atoms with van der Waals surface area (Å²) < 4.78 is 11.8. The van der Waals surface area contributed by atoms with Gasteiger partial charge in [0.2, 0.25) is 5.91 Å². The highest BCUT2D eigenvalue weighted by molar-refractivity contribution is 8.00. The van der Waals surface area contributed by atoms with E-state index >= 15 is 0 Å². The topological polar surface area (TPSA) is 62.2 Å². The van der Waals surface area contributed by atoms with E-state index in [9.17, 15) is 9.90 Å². The minimum Gasteiger partial charge on any atom is -0.508 e. The zero-order chi connectivity index (χ0) is 26.5. The summed E-state index contributed by atoms with van der Waals surface area (Å²) >= 11 is 1.66. The fourth-order valence-corrected chi connectivity index (χ4v) is 6.91. The molecule has 1 fully saturated rings. The van der Waals surface area contributed by atoms with E-state index in [1.54, 1.807) is 31.9 Å². The van der Waals surface area contributed by atoms with Gasteiger partial charge in [-0.05, 0) is 75.2 Å². The number of anilines is 1. The van der Waals surface area contributed by atoms with Crippen molar-refractivity contribution in [2.24, 2.45) is 0 Å². The van der Waals surface area contributed by atoms with E-state index in [1.807, 2.05) is 53.4 Å². The molecule has 0 saturated carbocycles. The van der Waals surface area contributed by atoms with Crippen molar-refractivity contribution >= 4 is 23.4 Å². The standard InChI is InChI=1S/C31H36N2O4S/c1-22(34)33-27-13-4-6-15-30(27)38-31(33)25-21-23(36-2)16-17-29(25)37-20-10-9-19-32-18-8-7-12-26(32)24-11-3-5-14-28(24)35/h3-6,11,13-17,21,26,31,35H,7-10,12,18-20H2,1-2H3. The fourth-order valence-electron chi connectivity index (χ4n) is 5.55. The van der Waals surface area contributed by atoms with Crippen LogP contribution in [0.5, 0.6) is 17.2 Å². The second kappa shape index (κ2) is 12.1. The number of benzene rings is 3. The summed E-state index contributed by atoms with van der Waals surface area (Å²) in [5.74, 6) is 1.92. The van der Waals surface area contributed by atoms with Gasteiger partial charge in [0, 0.05) is 29.0 Å². The molecule has 7 heteroatoms. The number of hydrogen-bond donors (Lipinski definition) is 1. The van der Waals surface area contributed by atoms with Crippen LogP contribution in [-0.2, 0) is 4.79 Å². The Morgan fingerprint density at radius 1 is 1.03 bits per heavy atom. The zero-order valence-electron chi connectivity index (χ0n) is 22.1. The third-order valence-electron chi connectivity index (χ3n) is 7.43. The molecule has 38 heavy (non-hydrogen) atoms. The largest absolute Gasteiger partial charge is 0.508 e. The Balaban J connectivity index is 1.23. The lowest BCUT2D eigenvalue weighted by molar-refractivity contribution is -0.116. The summed E-state index contributed by atoms with van der Waals surface area (Å²) in [5, 5.41) is 10.2. The number of para-hydroxylation sites is 2. The Kier molecular flexibility index (Phi) is 8.45. The Labute approximate surface area is 229 Å². The maximum absolute atomic E-state index is 12.7. The van der Waals surface area contributed by atoms with Crippen molar-refractivity contribution in [1.29, 1.82) is 0 Å². The molecule has 2 unspecified atom stereocenters. The molecule has 6 nitrogen and oxygen atoms in total. The number of phenols is 1. The molecule has 200 valence electrons. The summed E-state index contributed by atoms with van der Waals surface area (Å²) in [7, 11) is 1.65. The number of nitrogens with zero attached hydrogens (tertiary/aromatic N) is 2. The van der Waals surface area contributed by atoms with Crippen LogP contribution in [0.3, 0.4) is 0 Å². The average molecular weight is 533 g/mol. The van der Waals surface area contributed by atoms with Gasteiger partial charge in [-0.15, -0.1) is 0 Å². The van der Waals surface area contributed by atoms with E-state index in [-0.39, 0.29) is 17.3 Å². The normalized spacial score (nSPS) is 19.3. The number of amides is 1. The highest BCUT2D eigenvalue weighted by Gasteiger charge is 2.36. The quantitative estimate of drug-likeness (QED) is 0.301. The second-order valence-corrected chi connectivity index (χ2v) is 11.0. The number of unbranched alkanes of at least 4 members (excludes halogenated alkanes) is 1. The first kappa shape index (κ1) is 26.4. The molecular weight excluding hydrogens is 496 g/mol. The third-order valence-corrected chi connectivity index (χ3v) is 8.71. The van der Waals surface area contributed by atoms with Gasteiger partial charge >= 0.3 is 0 Å². The highest BCUT2D eigenvalue weighted by Crippen LogP contribution is 2.53. The molecule has 0 aliphatic carbocycles. The number of piperidine rings is 1. The molecule has 1 amide bonds. The van der Waals surface area contributed by atoms with E-state index in [0.717, 1.165) is 65.6 Å². The van der Waals surface area contributed by atoms with E-state index in [2.05, 4.69) is 17.0 Å². The first-order valence-electron chi connectivity index (χ1n) is 13.4. The van der Waals surface area contributed by atoms with Gasteiger partial charge in [0.05, 0.1) is 19.4 Å². The molecule has 1 N–H and O–H groups in total. The number of methoxy groups -OCH3 is 1. The molecule has 0 radical (unpaired) electrons.